The summed E-state index contributed by atoms with van der Waals surface area (Å²) in [6, 6.07) is 12.2. The summed E-state index contributed by atoms with van der Waals surface area (Å²) in [7, 11) is -3.82. The fourth-order valence-corrected chi connectivity index (χ4v) is 3.24. The maximum atomic E-state index is 12.2. The molecule has 0 saturated heterocycles. The van der Waals surface area contributed by atoms with Crippen molar-refractivity contribution in [3.8, 4) is 11.5 Å². The van der Waals surface area contributed by atoms with Gasteiger partial charge in [0.05, 0.1) is 10.5 Å². The van der Waals surface area contributed by atoms with Crippen LogP contribution in [0.5, 0.6) is 0 Å². The molecule has 3 rings (SSSR count). The SMILES string of the molecule is CS(=O)(=O)c1ccc(C(=O)OCc2coc(-c3ccccc3)n2)cc1[N+](=O)[O-]. The van der Waals surface area contributed by atoms with Gasteiger partial charge in [-0.05, 0) is 24.3 Å². The van der Waals surface area contributed by atoms with Crippen LogP contribution in [0.4, 0.5) is 5.69 Å². The number of carbonyl (C=O) groups excluding carboxylic acids is 1. The van der Waals surface area contributed by atoms with Crippen LogP contribution in [0.15, 0.2) is 64.1 Å². The van der Waals surface area contributed by atoms with Gasteiger partial charge in [-0.15, -0.1) is 0 Å². The summed E-state index contributed by atoms with van der Waals surface area (Å²) in [6.45, 7) is -0.212. The summed E-state index contributed by atoms with van der Waals surface area (Å²) in [5.74, 6) is -0.493. The predicted molar refractivity (Wildman–Crippen MR) is 97.3 cm³/mol. The van der Waals surface area contributed by atoms with Crippen molar-refractivity contribution in [1.29, 1.82) is 0 Å². The van der Waals surface area contributed by atoms with Gasteiger partial charge in [-0.25, -0.2) is 18.2 Å². The Kier molecular flexibility index (Phi) is 5.23. The predicted octanol–water partition coefficient (Wildman–Crippen LogP) is 3.01. The number of hydrogen-bond donors (Lipinski definition) is 0. The first-order valence-corrected chi connectivity index (χ1v) is 9.80. The highest BCUT2D eigenvalue weighted by Crippen LogP contribution is 2.25. The molecule has 0 bridgehead atoms. The molecule has 0 saturated carbocycles. The molecule has 3 aromatic rings. The van der Waals surface area contributed by atoms with Crippen molar-refractivity contribution in [2.75, 3.05) is 6.26 Å². The van der Waals surface area contributed by atoms with Crippen molar-refractivity contribution in [1.82, 2.24) is 4.98 Å². The van der Waals surface area contributed by atoms with Crippen LogP contribution in [0.3, 0.4) is 0 Å². The van der Waals surface area contributed by atoms with Gasteiger partial charge in [-0.3, -0.25) is 10.1 Å². The van der Waals surface area contributed by atoms with Gasteiger partial charge in [-0.1, -0.05) is 18.2 Å². The lowest BCUT2D eigenvalue weighted by atomic mass is 10.2. The van der Waals surface area contributed by atoms with Crippen molar-refractivity contribution in [3.63, 3.8) is 0 Å². The van der Waals surface area contributed by atoms with Crippen molar-refractivity contribution >= 4 is 21.5 Å². The minimum atomic E-state index is -3.82. The maximum absolute atomic E-state index is 12.2. The molecule has 10 heteroatoms. The van der Waals surface area contributed by atoms with Crippen LogP contribution in [0.1, 0.15) is 16.1 Å². The minimum absolute atomic E-state index is 0.147. The number of esters is 1. The van der Waals surface area contributed by atoms with E-state index < -0.39 is 31.3 Å². The molecule has 0 N–H and O–H groups in total. The van der Waals surface area contributed by atoms with Crippen LogP contribution in [-0.2, 0) is 21.2 Å². The maximum Gasteiger partial charge on any atom is 0.338 e. The van der Waals surface area contributed by atoms with E-state index in [-0.39, 0.29) is 12.2 Å². The summed E-state index contributed by atoms with van der Waals surface area (Å²) in [5.41, 5.74) is 0.275. The highest BCUT2D eigenvalue weighted by Gasteiger charge is 2.24. The Labute approximate surface area is 159 Å². The number of nitro groups is 1. The number of hydrogen-bond acceptors (Lipinski definition) is 8. The number of rotatable bonds is 6. The van der Waals surface area contributed by atoms with E-state index in [1.165, 1.54) is 6.26 Å². The zero-order valence-electron chi connectivity index (χ0n) is 14.6. The molecule has 0 amide bonds. The highest BCUT2D eigenvalue weighted by atomic mass is 32.2. The van der Waals surface area contributed by atoms with Crippen LogP contribution in [0, 0.1) is 10.1 Å². The number of ether oxygens (including phenoxy) is 1. The number of aromatic nitrogens is 1. The molecule has 0 aliphatic rings. The molecule has 0 radical (unpaired) electrons. The number of benzene rings is 2. The van der Waals surface area contributed by atoms with Crippen molar-refractivity contribution in [2.45, 2.75) is 11.5 Å². The smallest absolute Gasteiger partial charge is 0.338 e. The van der Waals surface area contributed by atoms with Crippen LogP contribution >= 0.6 is 0 Å². The third kappa shape index (κ3) is 4.23. The van der Waals surface area contributed by atoms with Gasteiger partial charge < -0.3 is 9.15 Å². The molecule has 0 spiro atoms. The average molecular weight is 402 g/mol. The Balaban J connectivity index is 1.74. The topological polar surface area (TPSA) is 130 Å². The molecule has 0 aliphatic carbocycles. The van der Waals surface area contributed by atoms with E-state index in [4.69, 9.17) is 9.15 Å². The van der Waals surface area contributed by atoms with Gasteiger partial charge in [0, 0.05) is 17.9 Å². The lowest BCUT2D eigenvalue weighted by Crippen LogP contribution is -2.08. The fraction of sp³-hybridized carbons (Fsp3) is 0.111. The summed E-state index contributed by atoms with van der Waals surface area (Å²) < 4.78 is 33.7. The van der Waals surface area contributed by atoms with Gasteiger partial charge in [0.2, 0.25) is 5.89 Å². The van der Waals surface area contributed by atoms with Crippen LogP contribution < -0.4 is 0 Å². The van der Waals surface area contributed by atoms with Gasteiger partial charge in [0.25, 0.3) is 5.69 Å². The number of oxazole rings is 1. The standard InChI is InChI=1S/C18H14N2O7S/c1-28(24,25)16-8-7-13(9-15(16)20(22)23)18(21)27-11-14-10-26-17(19-14)12-5-3-2-4-6-12/h2-10H,11H2,1H3. The van der Waals surface area contributed by atoms with Gasteiger partial charge >= 0.3 is 5.97 Å². The van der Waals surface area contributed by atoms with E-state index in [9.17, 15) is 23.3 Å². The number of nitro benzene ring substituents is 1. The lowest BCUT2D eigenvalue weighted by Gasteiger charge is -2.05. The molecular formula is C18H14N2O7S. The van der Waals surface area contributed by atoms with Crippen molar-refractivity contribution in [3.05, 3.63) is 76.2 Å². The lowest BCUT2D eigenvalue weighted by molar-refractivity contribution is -0.387. The van der Waals surface area contributed by atoms with Crippen molar-refractivity contribution < 1.29 is 27.3 Å². The monoisotopic (exact) mass is 402 g/mol. The number of carbonyl (C=O) groups is 1. The Morgan fingerprint density at radius 1 is 1.21 bits per heavy atom. The second kappa shape index (κ2) is 7.61. The third-order valence-corrected chi connectivity index (χ3v) is 4.86. The normalized spacial score (nSPS) is 11.2. The zero-order chi connectivity index (χ0) is 20.3. The molecule has 0 aliphatic heterocycles. The van der Waals surface area contributed by atoms with Gasteiger partial charge in [-0.2, -0.15) is 0 Å². The fourth-order valence-electron chi connectivity index (χ4n) is 2.41. The van der Waals surface area contributed by atoms with E-state index >= 15 is 0 Å². The third-order valence-electron chi connectivity index (χ3n) is 3.71. The summed E-state index contributed by atoms with van der Waals surface area (Å²) in [6.07, 6.45) is 2.19. The van der Waals surface area contributed by atoms with E-state index in [1.54, 1.807) is 0 Å². The molecule has 0 unspecified atom stereocenters. The summed E-state index contributed by atoms with van der Waals surface area (Å²) >= 11 is 0. The Bertz CT molecular complexity index is 1140. The second-order valence-electron chi connectivity index (χ2n) is 5.80. The van der Waals surface area contributed by atoms with E-state index in [1.807, 2.05) is 30.3 Å². The number of nitrogens with zero attached hydrogens (tertiary/aromatic N) is 2. The molecule has 0 fully saturated rings. The zero-order valence-corrected chi connectivity index (χ0v) is 15.4. The first kappa shape index (κ1) is 19.2. The first-order chi connectivity index (χ1) is 13.3. The highest BCUT2D eigenvalue weighted by molar-refractivity contribution is 7.90. The summed E-state index contributed by atoms with van der Waals surface area (Å²) in [5, 5.41) is 11.1. The molecule has 1 aromatic heterocycles. The quantitative estimate of drug-likeness (QED) is 0.349. The van der Waals surface area contributed by atoms with E-state index in [0.29, 0.717) is 11.6 Å². The van der Waals surface area contributed by atoms with E-state index in [2.05, 4.69) is 4.98 Å². The number of sulfone groups is 1. The molecule has 144 valence electrons. The average Bonchev–Trinajstić information content (AvgIpc) is 3.14. The summed E-state index contributed by atoms with van der Waals surface area (Å²) in [4.78, 5) is 26.2. The largest absolute Gasteiger partial charge is 0.455 e. The van der Waals surface area contributed by atoms with Gasteiger partial charge in [0.1, 0.15) is 23.5 Å². The molecule has 1 heterocycles. The molecule has 28 heavy (non-hydrogen) atoms. The minimum Gasteiger partial charge on any atom is -0.455 e. The van der Waals surface area contributed by atoms with Gasteiger partial charge in [0.15, 0.2) is 9.84 Å². The van der Waals surface area contributed by atoms with Crippen LogP contribution in [0.25, 0.3) is 11.5 Å². The van der Waals surface area contributed by atoms with Crippen LogP contribution in [-0.4, -0.2) is 30.6 Å². The Morgan fingerprint density at radius 3 is 2.57 bits per heavy atom. The van der Waals surface area contributed by atoms with Crippen LogP contribution in [0.2, 0.25) is 0 Å². The second-order valence-corrected chi connectivity index (χ2v) is 7.78. The molecule has 9 nitrogen and oxygen atoms in total. The first-order valence-electron chi connectivity index (χ1n) is 7.91. The molecule has 2 aromatic carbocycles. The van der Waals surface area contributed by atoms with E-state index in [0.717, 1.165) is 30.0 Å². The van der Waals surface area contributed by atoms with Crippen molar-refractivity contribution in [2.24, 2.45) is 0 Å². The molecule has 0 atom stereocenters. The Hall–Kier alpha value is -3.53. The Morgan fingerprint density at radius 2 is 1.93 bits per heavy atom. The molecular weight excluding hydrogens is 388 g/mol.